The zero-order valence-electron chi connectivity index (χ0n) is 9.71. The highest BCUT2D eigenvalue weighted by molar-refractivity contribution is 5.57. The Bertz CT molecular complexity index is 482. The van der Waals surface area contributed by atoms with Crippen LogP contribution in [0, 0.1) is 0 Å². The van der Waals surface area contributed by atoms with Crippen molar-refractivity contribution in [3.8, 4) is 17.1 Å². The first-order valence-electron chi connectivity index (χ1n) is 5.46. The second-order valence-corrected chi connectivity index (χ2v) is 3.60. The topological polar surface area (TPSA) is 78.9 Å². The van der Waals surface area contributed by atoms with Crippen molar-refractivity contribution in [2.75, 3.05) is 13.7 Å². The van der Waals surface area contributed by atoms with Gasteiger partial charge >= 0.3 is 0 Å². The largest absolute Gasteiger partial charge is 0.497 e. The summed E-state index contributed by atoms with van der Waals surface area (Å²) < 4.78 is 6.93. The predicted molar refractivity (Wildman–Crippen MR) is 63.5 cm³/mol. The number of aromatic nitrogens is 4. The molecule has 0 aliphatic carbocycles. The van der Waals surface area contributed by atoms with Gasteiger partial charge in [-0.1, -0.05) is 12.1 Å². The van der Waals surface area contributed by atoms with Crippen molar-refractivity contribution in [1.82, 2.24) is 20.2 Å². The molecule has 0 saturated heterocycles. The van der Waals surface area contributed by atoms with E-state index >= 15 is 0 Å². The van der Waals surface area contributed by atoms with Crippen LogP contribution >= 0.6 is 0 Å². The quantitative estimate of drug-likeness (QED) is 0.822. The van der Waals surface area contributed by atoms with Crippen molar-refractivity contribution in [2.45, 2.75) is 13.0 Å². The number of ether oxygens (including phenoxy) is 1. The molecule has 2 aromatic rings. The van der Waals surface area contributed by atoms with Crippen LogP contribution in [0.25, 0.3) is 11.4 Å². The number of nitrogens with two attached hydrogens (primary N) is 1. The first kappa shape index (κ1) is 11.5. The minimum Gasteiger partial charge on any atom is -0.497 e. The highest BCUT2D eigenvalue weighted by Crippen LogP contribution is 2.21. The van der Waals surface area contributed by atoms with Gasteiger partial charge < -0.3 is 10.5 Å². The average molecular weight is 233 g/mol. The Labute approximate surface area is 99.4 Å². The lowest BCUT2D eigenvalue weighted by Crippen LogP contribution is -2.08. The van der Waals surface area contributed by atoms with Gasteiger partial charge in [-0.15, -0.1) is 5.10 Å². The molecule has 0 unspecified atom stereocenters. The Morgan fingerprint density at radius 3 is 3.06 bits per heavy atom. The molecule has 1 aromatic carbocycles. The van der Waals surface area contributed by atoms with Crippen LogP contribution in [0.15, 0.2) is 24.3 Å². The maximum atomic E-state index is 5.48. The number of tetrazole rings is 1. The highest BCUT2D eigenvalue weighted by Gasteiger charge is 2.08. The molecule has 1 heterocycles. The Morgan fingerprint density at radius 1 is 1.41 bits per heavy atom. The zero-order valence-corrected chi connectivity index (χ0v) is 9.71. The van der Waals surface area contributed by atoms with E-state index in [0.29, 0.717) is 6.54 Å². The van der Waals surface area contributed by atoms with Gasteiger partial charge in [0.2, 0.25) is 0 Å². The van der Waals surface area contributed by atoms with Crippen molar-refractivity contribution in [3.63, 3.8) is 0 Å². The van der Waals surface area contributed by atoms with Gasteiger partial charge in [0.25, 0.3) is 0 Å². The molecule has 0 saturated carbocycles. The molecule has 90 valence electrons. The third kappa shape index (κ3) is 2.59. The number of aryl methyl sites for hydroxylation is 1. The summed E-state index contributed by atoms with van der Waals surface area (Å²) in [5.74, 6) is 1.52. The van der Waals surface area contributed by atoms with Crippen molar-refractivity contribution < 1.29 is 4.74 Å². The zero-order chi connectivity index (χ0) is 12.1. The maximum absolute atomic E-state index is 5.48. The van der Waals surface area contributed by atoms with Crippen LogP contribution in [-0.4, -0.2) is 33.9 Å². The molecule has 17 heavy (non-hydrogen) atoms. The molecule has 6 heteroatoms. The molecule has 2 rings (SSSR count). The third-order valence-corrected chi connectivity index (χ3v) is 2.43. The van der Waals surface area contributed by atoms with Crippen LogP contribution in [0.2, 0.25) is 0 Å². The van der Waals surface area contributed by atoms with Crippen LogP contribution < -0.4 is 10.5 Å². The van der Waals surface area contributed by atoms with Crippen LogP contribution in [0.1, 0.15) is 6.42 Å². The number of methoxy groups -OCH3 is 1. The van der Waals surface area contributed by atoms with E-state index < -0.39 is 0 Å². The van der Waals surface area contributed by atoms with Gasteiger partial charge in [-0.25, -0.2) is 4.68 Å². The second-order valence-electron chi connectivity index (χ2n) is 3.60. The van der Waals surface area contributed by atoms with Gasteiger partial charge in [0.05, 0.1) is 7.11 Å². The SMILES string of the molecule is COc1cccc(-c2nnnn2CCCN)c1. The molecule has 0 bridgehead atoms. The number of rotatable bonds is 5. The molecule has 0 radical (unpaired) electrons. The number of hydrogen-bond acceptors (Lipinski definition) is 5. The average Bonchev–Trinajstić information content (AvgIpc) is 2.84. The van der Waals surface area contributed by atoms with Gasteiger partial charge in [0, 0.05) is 12.1 Å². The van der Waals surface area contributed by atoms with Crippen molar-refractivity contribution in [1.29, 1.82) is 0 Å². The number of hydrogen-bond donors (Lipinski definition) is 1. The fourth-order valence-electron chi connectivity index (χ4n) is 1.57. The van der Waals surface area contributed by atoms with Crippen LogP contribution in [0.4, 0.5) is 0 Å². The van der Waals surface area contributed by atoms with Crippen LogP contribution in [0.3, 0.4) is 0 Å². The van der Waals surface area contributed by atoms with Gasteiger partial charge in [0.15, 0.2) is 5.82 Å². The van der Waals surface area contributed by atoms with Gasteiger partial charge in [-0.05, 0) is 35.5 Å². The molecule has 6 nitrogen and oxygen atoms in total. The summed E-state index contributed by atoms with van der Waals surface area (Å²) in [6.45, 7) is 1.34. The van der Waals surface area contributed by atoms with Crippen molar-refractivity contribution in [3.05, 3.63) is 24.3 Å². The van der Waals surface area contributed by atoms with Crippen LogP contribution in [-0.2, 0) is 6.54 Å². The molecule has 0 atom stereocenters. The van der Waals surface area contributed by atoms with Crippen molar-refractivity contribution >= 4 is 0 Å². The van der Waals surface area contributed by atoms with E-state index in [1.54, 1.807) is 11.8 Å². The Hall–Kier alpha value is -1.95. The summed E-state index contributed by atoms with van der Waals surface area (Å²) in [7, 11) is 1.64. The molecule has 0 aliphatic heterocycles. The third-order valence-electron chi connectivity index (χ3n) is 2.43. The van der Waals surface area contributed by atoms with E-state index in [-0.39, 0.29) is 0 Å². The monoisotopic (exact) mass is 233 g/mol. The smallest absolute Gasteiger partial charge is 0.182 e. The van der Waals surface area contributed by atoms with Crippen molar-refractivity contribution in [2.24, 2.45) is 5.73 Å². The first-order chi connectivity index (χ1) is 8.35. The Balaban J connectivity index is 2.28. The standard InChI is InChI=1S/C11H15N5O/c1-17-10-5-2-4-9(8-10)11-13-14-15-16(11)7-3-6-12/h2,4-5,8H,3,6-7,12H2,1H3. The van der Waals surface area contributed by atoms with E-state index in [9.17, 15) is 0 Å². The normalized spacial score (nSPS) is 10.5. The first-order valence-corrected chi connectivity index (χ1v) is 5.46. The van der Waals surface area contributed by atoms with Gasteiger partial charge in [0.1, 0.15) is 5.75 Å². The molecular formula is C11H15N5O. The van der Waals surface area contributed by atoms with E-state index in [4.69, 9.17) is 10.5 Å². The summed E-state index contributed by atoms with van der Waals surface area (Å²) in [6, 6.07) is 7.66. The molecule has 0 spiro atoms. The second kappa shape index (κ2) is 5.40. The summed E-state index contributed by atoms with van der Waals surface area (Å²) in [4.78, 5) is 0. The lowest BCUT2D eigenvalue weighted by molar-refractivity contribution is 0.415. The van der Waals surface area contributed by atoms with E-state index in [1.807, 2.05) is 24.3 Å². The molecular weight excluding hydrogens is 218 g/mol. The number of nitrogens with zero attached hydrogens (tertiary/aromatic N) is 4. The molecule has 0 aliphatic rings. The summed E-state index contributed by atoms with van der Waals surface area (Å²) in [5.41, 5.74) is 6.41. The highest BCUT2D eigenvalue weighted by atomic mass is 16.5. The summed E-state index contributed by atoms with van der Waals surface area (Å²) >= 11 is 0. The molecule has 0 fully saturated rings. The van der Waals surface area contributed by atoms with Gasteiger partial charge in [-0.3, -0.25) is 0 Å². The van der Waals surface area contributed by atoms with E-state index in [0.717, 1.165) is 30.1 Å². The lowest BCUT2D eigenvalue weighted by atomic mass is 10.2. The van der Waals surface area contributed by atoms with E-state index in [1.165, 1.54) is 0 Å². The minimum atomic E-state index is 0.622. The van der Waals surface area contributed by atoms with E-state index in [2.05, 4.69) is 15.5 Å². The Morgan fingerprint density at radius 2 is 2.29 bits per heavy atom. The fourth-order valence-corrected chi connectivity index (χ4v) is 1.57. The predicted octanol–water partition coefficient (Wildman–Crippen LogP) is 0.697. The Kier molecular flexibility index (Phi) is 3.66. The minimum absolute atomic E-state index is 0.622. The molecule has 0 amide bonds. The lowest BCUT2D eigenvalue weighted by Gasteiger charge is -2.05. The maximum Gasteiger partial charge on any atom is 0.182 e. The van der Waals surface area contributed by atoms with Crippen LogP contribution in [0.5, 0.6) is 5.75 Å². The summed E-state index contributed by atoms with van der Waals surface area (Å²) in [6.07, 6.45) is 0.849. The fraction of sp³-hybridized carbons (Fsp3) is 0.364. The summed E-state index contributed by atoms with van der Waals surface area (Å²) in [5, 5.41) is 11.7. The van der Waals surface area contributed by atoms with Gasteiger partial charge in [-0.2, -0.15) is 0 Å². The molecule has 2 N–H and O–H groups in total. The number of benzene rings is 1. The molecule has 1 aromatic heterocycles.